The standard InChI is InChI=1S/C25H24Cl2N2O5/c1-4-7-16-11-15(13-21(33-6-3)22(16)34-10-5-2)12-18-23(30)28-25(32)29(24(18)31)17-8-9-19(26)20(27)14-17/h4,8-9,11-14H,1,5-7,10H2,2-3H3,(H,28,30,32)/b18-12+. The number of carbonyl (C=O) groups is 3. The minimum atomic E-state index is -0.879. The Morgan fingerprint density at radius 3 is 2.47 bits per heavy atom. The molecule has 1 aliphatic heterocycles. The van der Waals surface area contributed by atoms with Gasteiger partial charge >= 0.3 is 6.03 Å². The van der Waals surface area contributed by atoms with E-state index in [1.165, 1.54) is 24.3 Å². The molecule has 178 valence electrons. The first kappa shape index (κ1) is 25.3. The van der Waals surface area contributed by atoms with Gasteiger partial charge in [-0.3, -0.25) is 14.9 Å². The van der Waals surface area contributed by atoms with Crippen LogP contribution in [0.25, 0.3) is 6.08 Å². The van der Waals surface area contributed by atoms with Crippen molar-refractivity contribution in [2.45, 2.75) is 26.7 Å². The molecule has 0 bridgehead atoms. The summed E-state index contributed by atoms with van der Waals surface area (Å²) in [6, 6.07) is 6.91. The summed E-state index contributed by atoms with van der Waals surface area (Å²) in [5.74, 6) is -0.511. The topological polar surface area (TPSA) is 84.9 Å². The highest BCUT2D eigenvalue weighted by Gasteiger charge is 2.37. The molecule has 0 aromatic heterocycles. The van der Waals surface area contributed by atoms with Crippen molar-refractivity contribution in [1.82, 2.24) is 5.32 Å². The Kier molecular flexibility index (Phi) is 8.36. The molecule has 0 unspecified atom stereocenters. The molecule has 3 rings (SSSR count). The Labute approximate surface area is 207 Å². The third-order valence-electron chi connectivity index (χ3n) is 4.84. The van der Waals surface area contributed by atoms with E-state index in [0.29, 0.717) is 36.7 Å². The second kappa shape index (κ2) is 11.2. The van der Waals surface area contributed by atoms with Crippen LogP contribution in [0, 0.1) is 0 Å². The SMILES string of the molecule is C=CCc1cc(/C=C2\C(=O)NC(=O)N(c3ccc(Cl)c(Cl)c3)C2=O)cc(OCC)c1OCCC. The summed E-state index contributed by atoms with van der Waals surface area (Å²) in [6.07, 6.45) is 4.44. The second-order valence-electron chi connectivity index (χ2n) is 7.34. The van der Waals surface area contributed by atoms with E-state index in [-0.39, 0.29) is 21.3 Å². The van der Waals surface area contributed by atoms with Crippen molar-refractivity contribution >= 4 is 52.8 Å². The molecule has 1 saturated heterocycles. The summed E-state index contributed by atoms with van der Waals surface area (Å²) in [5.41, 5.74) is 1.29. The lowest BCUT2D eigenvalue weighted by molar-refractivity contribution is -0.122. The zero-order valence-electron chi connectivity index (χ0n) is 18.8. The fourth-order valence-corrected chi connectivity index (χ4v) is 3.68. The Hall–Kier alpha value is -3.29. The molecule has 1 fully saturated rings. The molecule has 0 saturated carbocycles. The van der Waals surface area contributed by atoms with Gasteiger partial charge in [-0.1, -0.05) is 36.2 Å². The van der Waals surface area contributed by atoms with Gasteiger partial charge < -0.3 is 9.47 Å². The maximum atomic E-state index is 13.2. The summed E-state index contributed by atoms with van der Waals surface area (Å²) in [7, 11) is 0. The van der Waals surface area contributed by atoms with E-state index < -0.39 is 17.8 Å². The lowest BCUT2D eigenvalue weighted by atomic mass is 10.0. The first-order valence-corrected chi connectivity index (χ1v) is 11.5. The largest absolute Gasteiger partial charge is 0.490 e. The number of urea groups is 1. The van der Waals surface area contributed by atoms with E-state index in [9.17, 15) is 14.4 Å². The maximum Gasteiger partial charge on any atom is 0.335 e. The van der Waals surface area contributed by atoms with E-state index >= 15 is 0 Å². The van der Waals surface area contributed by atoms with Crippen LogP contribution in [0.3, 0.4) is 0 Å². The van der Waals surface area contributed by atoms with Gasteiger partial charge in [0.2, 0.25) is 0 Å². The summed E-state index contributed by atoms with van der Waals surface area (Å²) in [5, 5.41) is 2.63. The number of ether oxygens (including phenoxy) is 2. The van der Waals surface area contributed by atoms with Crippen LogP contribution in [0.5, 0.6) is 11.5 Å². The summed E-state index contributed by atoms with van der Waals surface area (Å²) in [6.45, 7) is 8.55. The third-order valence-corrected chi connectivity index (χ3v) is 5.58. The molecule has 1 N–H and O–H groups in total. The lowest BCUT2D eigenvalue weighted by Gasteiger charge is -2.26. The number of anilines is 1. The highest BCUT2D eigenvalue weighted by atomic mass is 35.5. The van der Waals surface area contributed by atoms with Crippen LogP contribution in [0.4, 0.5) is 10.5 Å². The number of benzene rings is 2. The van der Waals surface area contributed by atoms with Crippen LogP contribution in [0.15, 0.2) is 48.6 Å². The predicted octanol–water partition coefficient (Wildman–Crippen LogP) is 5.58. The highest BCUT2D eigenvalue weighted by Crippen LogP contribution is 2.35. The van der Waals surface area contributed by atoms with Crippen LogP contribution in [0.2, 0.25) is 10.0 Å². The quantitative estimate of drug-likeness (QED) is 0.275. The van der Waals surface area contributed by atoms with E-state index in [1.807, 2.05) is 13.8 Å². The van der Waals surface area contributed by atoms with Crippen molar-refractivity contribution in [3.63, 3.8) is 0 Å². The Morgan fingerprint density at radius 1 is 1.06 bits per heavy atom. The number of rotatable bonds is 9. The van der Waals surface area contributed by atoms with E-state index in [2.05, 4.69) is 11.9 Å². The van der Waals surface area contributed by atoms with E-state index in [0.717, 1.165) is 16.9 Å². The number of hydrogen-bond donors (Lipinski definition) is 1. The second-order valence-corrected chi connectivity index (χ2v) is 8.15. The summed E-state index contributed by atoms with van der Waals surface area (Å²) >= 11 is 12.0. The van der Waals surface area contributed by atoms with Gasteiger partial charge in [0.05, 0.1) is 28.9 Å². The molecule has 0 atom stereocenters. The number of carbonyl (C=O) groups excluding carboxylic acids is 3. The van der Waals surface area contributed by atoms with Crippen molar-refractivity contribution in [2.75, 3.05) is 18.1 Å². The molecular formula is C25H24Cl2N2O5. The first-order valence-electron chi connectivity index (χ1n) is 10.7. The molecule has 34 heavy (non-hydrogen) atoms. The molecule has 7 nitrogen and oxygen atoms in total. The number of barbiturate groups is 1. The average Bonchev–Trinajstić information content (AvgIpc) is 2.79. The van der Waals surface area contributed by atoms with Crippen molar-refractivity contribution in [1.29, 1.82) is 0 Å². The van der Waals surface area contributed by atoms with Gasteiger partial charge in [0.1, 0.15) is 5.57 Å². The number of nitrogens with one attached hydrogen (secondary N) is 1. The van der Waals surface area contributed by atoms with Crippen LogP contribution in [0.1, 0.15) is 31.4 Å². The Bertz CT molecular complexity index is 1180. The van der Waals surface area contributed by atoms with Crippen molar-refractivity contribution in [2.24, 2.45) is 0 Å². The molecule has 0 radical (unpaired) electrons. The predicted molar refractivity (Wildman–Crippen MR) is 133 cm³/mol. The summed E-state index contributed by atoms with van der Waals surface area (Å²) in [4.78, 5) is 39.1. The van der Waals surface area contributed by atoms with Crippen LogP contribution in [-0.2, 0) is 16.0 Å². The molecule has 2 aromatic carbocycles. The van der Waals surface area contributed by atoms with Gasteiger partial charge in [-0.05, 0) is 61.7 Å². The smallest absolute Gasteiger partial charge is 0.335 e. The van der Waals surface area contributed by atoms with Crippen molar-refractivity contribution < 1.29 is 23.9 Å². The Balaban J connectivity index is 2.07. The number of hydrogen-bond acceptors (Lipinski definition) is 5. The van der Waals surface area contributed by atoms with Crippen LogP contribution >= 0.6 is 23.2 Å². The van der Waals surface area contributed by atoms with Gasteiger partial charge in [0, 0.05) is 5.56 Å². The van der Waals surface area contributed by atoms with E-state index in [4.69, 9.17) is 32.7 Å². The van der Waals surface area contributed by atoms with Gasteiger partial charge in [-0.15, -0.1) is 6.58 Å². The maximum absolute atomic E-state index is 13.2. The van der Waals surface area contributed by atoms with E-state index in [1.54, 1.807) is 18.2 Å². The summed E-state index contributed by atoms with van der Waals surface area (Å²) < 4.78 is 11.7. The van der Waals surface area contributed by atoms with Gasteiger partial charge in [0.25, 0.3) is 11.8 Å². The normalized spacial score (nSPS) is 14.9. The minimum absolute atomic E-state index is 0.167. The number of imide groups is 2. The molecule has 9 heteroatoms. The fraction of sp³-hybridized carbons (Fsp3) is 0.240. The molecule has 0 spiro atoms. The van der Waals surface area contributed by atoms with Crippen LogP contribution < -0.4 is 19.7 Å². The monoisotopic (exact) mass is 502 g/mol. The number of halogens is 2. The Morgan fingerprint density at radius 2 is 1.82 bits per heavy atom. The zero-order valence-corrected chi connectivity index (χ0v) is 20.3. The van der Waals surface area contributed by atoms with Crippen LogP contribution in [-0.4, -0.2) is 31.1 Å². The van der Waals surface area contributed by atoms with Crippen molar-refractivity contribution in [3.8, 4) is 11.5 Å². The average molecular weight is 503 g/mol. The molecule has 1 aliphatic rings. The molecular weight excluding hydrogens is 479 g/mol. The number of allylic oxidation sites excluding steroid dienone is 1. The third kappa shape index (κ3) is 5.43. The molecule has 2 aromatic rings. The molecule has 0 aliphatic carbocycles. The lowest BCUT2D eigenvalue weighted by Crippen LogP contribution is -2.54. The minimum Gasteiger partial charge on any atom is -0.490 e. The fourth-order valence-electron chi connectivity index (χ4n) is 3.39. The van der Waals surface area contributed by atoms with Gasteiger partial charge in [-0.2, -0.15) is 0 Å². The van der Waals surface area contributed by atoms with Gasteiger partial charge in [0.15, 0.2) is 11.5 Å². The van der Waals surface area contributed by atoms with Gasteiger partial charge in [-0.25, -0.2) is 9.69 Å². The van der Waals surface area contributed by atoms with Crippen molar-refractivity contribution in [3.05, 3.63) is 69.7 Å². The zero-order chi connectivity index (χ0) is 24.8. The highest BCUT2D eigenvalue weighted by molar-refractivity contribution is 6.43. The first-order chi connectivity index (χ1) is 16.3. The number of nitrogens with zero attached hydrogens (tertiary/aromatic N) is 1. The number of amides is 4. The molecule has 1 heterocycles. The molecule has 4 amide bonds.